The van der Waals surface area contributed by atoms with Gasteiger partial charge in [-0.1, -0.05) is 6.58 Å². The monoisotopic (exact) mass is 346 g/mol. The van der Waals surface area contributed by atoms with Gasteiger partial charge < -0.3 is 9.84 Å². The summed E-state index contributed by atoms with van der Waals surface area (Å²) in [6.07, 6.45) is -12.5. The van der Waals surface area contributed by atoms with Gasteiger partial charge in [-0.25, -0.2) is 4.79 Å². The Morgan fingerprint density at radius 3 is 1.96 bits per heavy atom. The van der Waals surface area contributed by atoms with Crippen molar-refractivity contribution in [3.8, 4) is 0 Å². The van der Waals surface area contributed by atoms with Crippen molar-refractivity contribution in [2.45, 2.75) is 62.1 Å². The van der Waals surface area contributed by atoms with Crippen molar-refractivity contribution in [1.82, 2.24) is 0 Å². The zero-order valence-electron chi connectivity index (χ0n) is 12.1. The minimum absolute atomic E-state index is 0.00896. The number of halogens is 6. The van der Waals surface area contributed by atoms with E-state index in [1.54, 1.807) is 0 Å². The van der Waals surface area contributed by atoms with Gasteiger partial charge in [0, 0.05) is 12.0 Å². The highest BCUT2D eigenvalue weighted by Crippen LogP contribution is 2.51. The highest BCUT2D eigenvalue weighted by molar-refractivity contribution is 5.90. The van der Waals surface area contributed by atoms with E-state index in [4.69, 9.17) is 4.74 Å². The molecule has 2 fully saturated rings. The van der Waals surface area contributed by atoms with Crippen molar-refractivity contribution < 1.29 is 41.0 Å². The van der Waals surface area contributed by atoms with Gasteiger partial charge in [-0.15, -0.1) is 0 Å². The van der Waals surface area contributed by atoms with Crippen molar-refractivity contribution in [3.05, 3.63) is 12.2 Å². The van der Waals surface area contributed by atoms with Crippen molar-refractivity contribution in [1.29, 1.82) is 0 Å². The molecule has 0 aromatic carbocycles. The van der Waals surface area contributed by atoms with Crippen molar-refractivity contribution in [3.63, 3.8) is 0 Å². The number of esters is 1. The molecule has 9 heteroatoms. The number of alkyl halides is 6. The summed E-state index contributed by atoms with van der Waals surface area (Å²) in [6, 6.07) is 0. The molecule has 0 aromatic rings. The summed E-state index contributed by atoms with van der Waals surface area (Å²) in [5, 5.41) is 9.23. The first-order valence-electron chi connectivity index (χ1n) is 7.07. The van der Waals surface area contributed by atoms with Gasteiger partial charge in [0.15, 0.2) is 0 Å². The fourth-order valence-corrected chi connectivity index (χ4v) is 3.26. The first kappa shape index (κ1) is 18.1. The van der Waals surface area contributed by atoms with Crippen LogP contribution in [0.2, 0.25) is 0 Å². The number of ether oxygens (including phenoxy) is 1. The first-order chi connectivity index (χ1) is 10.3. The Morgan fingerprint density at radius 1 is 1.13 bits per heavy atom. The molecule has 0 bridgehead atoms. The topological polar surface area (TPSA) is 46.5 Å². The Kier molecular flexibility index (Phi) is 4.24. The maximum absolute atomic E-state index is 12.7. The van der Waals surface area contributed by atoms with Gasteiger partial charge in [-0.3, -0.25) is 0 Å². The number of aliphatic hydroxyl groups is 1. The molecule has 1 aliphatic heterocycles. The van der Waals surface area contributed by atoms with Crippen molar-refractivity contribution >= 4 is 5.97 Å². The van der Waals surface area contributed by atoms with Gasteiger partial charge in [0.1, 0.15) is 5.60 Å². The van der Waals surface area contributed by atoms with E-state index >= 15 is 0 Å². The lowest BCUT2D eigenvalue weighted by molar-refractivity contribution is -0.373. The van der Waals surface area contributed by atoms with E-state index < -0.39 is 41.9 Å². The third kappa shape index (κ3) is 3.20. The van der Waals surface area contributed by atoms with E-state index in [0.717, 1.165) is 0 Å². The number of carbonyl (C=O) groups is 1. The molecule has 0 unspecified atom stereocenters. The fraction of sp³-hybridized carbons (Fsp3) is 0.786. The average molecular weight is 346 g/mol. The minimum atomic E-state index is -5.80. The largest absolute Gasteiger partial charge is 0.455 e. The summed E-state index contributed by atoms with van der Waals surface area (Å²) in [7, 11) is 0. The van der Waals surface area contributed by atoms with Crippen molar-refractivity contribution in [2.24, 2.45) is 5.92 Å². The molecule has 1 spiro atoms. The van der Waals surface area contributed by atoms with Crippen LogP contribution in [0, 0.1) is 5.92 Å². The summed E-state index contributed by atoms with van der Waals surface area (Å²) in [5.74, 6) is -1.54. The Balaban J connectivity index is 2.06. The molecular weight excluding hydrogens is 330 g/mol. The van der Waals surface area contributed by atoms with Gasteiger partial charge in [-0.2, -0.15) is 26.3 Å². The summed E-state index contributed by atoms with van der Waals surface area (Å²) in [6.45, 7) is 3.52. The van der Waals surface area contributed by atoms with Crippen LogP contribution in [0.4, 0.5) is 26.3 Å². The molecule has 0 aromatic heterocycles. The lowest BCUT2D eigenvalue weighted by Crippen LogP contribution is -2.58. The molecule has 1 heterocycles. The summed E-state index contributed by atoms with van der Waals surface area (Å²) in [4.78, 5) is 11.4. The minimum Gasteiger partial charge on any atom is -0.455 e. The number of rotatable bonds is 2. The Bertz CT molecular complexity index is 468. The standard InChI is InChI=1S/C14H16F6O3/c1-8-6-11(23-10(8)21)4-2-9(3-5-11)7-12(22,13(15,16)17)14(18,19)20/h9,22H,1-7H2. The lowest BCUT2D eigenvalue weighted by atomic mass is 9.73. The average Bonchev–Trinajstić information content (AvgIpc) is 2.65. The quantitative estimate of drug-likeness (QED) is 0.472. The van der Waals surface area contributed by atoms with Crippen LogP contribution in [0.25, 0.3) is 0 Å². The fourth-order valence-electron chi connectivity index (χ4n) is 3.26. The van der Waals surface area contributed by atoms with Gasteiger partial charge in [0.25, 0.3) is 5.60 Å². The molecule has 0 atom stereocenters. The zero-order chi connectivity index (χ0) is 17.7. The first-order valence-corrected chi connectivity index (χ1v) is 7.07. The van der Waals surface area contributed by atoms with Crippen molar-refractivity contribution in [2.75, 3.05) is 0 Å². The predicted octanol–water partition coefficient (Wildman–Crippen LogP) is 3.66. The van der Waals surface area contributed by atoms with Gasteiger partial charge in [-0.05, 0) is 38.0 Å². The van der Waals surface area contributed by atoms with Crippen LogP contribution in [-0.4, -0.2) is 34.6 Å². The molecule has 2 aliphatic rings. The molecule has 1 aliphatic carbocycles. The molecule has 1 saturated heterocycles. The molecule has 132 valence electrons. The van der Waals surface area contributed by atoms with E-state index in [1.807, 2.05) is 0 Å². The number of carbonyl (C=O) groups excluding carboxylic acids is 1. The SMILES string of the molecule is C=C1CC2(CCC(CC(O)(C(F)(F)F)C(F)(F)F)CC2)OC1=O. The summed E-state index contributed by atoms with van der Waals surface area (Å²) >= 11 is 0. The maximum atomic E-state index is 12.7. The van der Waals surface area contributed by atoms with Gasteiger partial charge in [0.05, 0.1) is 0 Å². The molecule has 1 saturated carbocycles. The number of hydrogen-bond donors (Lipinski definition) is 1. The van der Waals surface area contributed by atoms with E-state index in [9.17, 15) is 36.2 Å². The van der Waals surface area contributed by atoms with Crippen LogP contribution in [0.1, 0.15) is 38.5 Å². The van der Waals surface area contributed by atoms with Crippen LogP contribution < -0.4 is 0 Å². The van der Waals surface area contributed by atoms with E-state index in [0.29, 0.717) is 0 Å². The van der Waals surface area contributed by atoms with E-state index in [1.165, 1.54) is 0 Å². The lowest BCUT2D eigenvalue weighted by Gasteiger charge is -2.40. The van der Waals surface area contributed by atoms with Gasteiger partial charge >= 0.3 is 18.3 Å². The van der Waals surface area contributed by atoms with Crippen LogP contribution >= 0.6 is 0 Å². The third-order valence-electron chi connectivity index (χ3n) is 4.67. The van der Waals surface area contributed by atoms with E-state index in [2.05, 4.69) is 6.58 Å². The third-order valence-corrected chi connectivity index (χ3v) is 4.67. The predicted molar refractivity (Wildman–Crippen MR) is 66.2 cm³/mol. The highest BCUT2D eigenvalue weighted by Gasteiger charge is 2.70. The Labute approximate surface area is 128 Å². The molecule has 2 rings (SSSR count). The van der Waals surface area contributed by atoms with Crippen LogP contribution in [0.15, 0.2) is 12.2 Å². The highest BCUT2D eigenvalue weighted by atomic mass is 19.4. The smallest absolute Gasteiger partial charge is 0.426 e. The second-order valence-electron chi connectivity index (χ2n) is 6.36. The summed E-state index contributed by atoms with van der Waals surface area (Å²) in [5.41, 5.74) is -5.32. The molecule has 0 amide bonds. The molecule has 0 radical (unpaired) electrons. The molecule has 3 nitrogen and oxygen atoms in total. The number of hydrogen-bond acceptors (Lipinski definition) is 3. The molecular formula is C14H16F6O3. The Hall–Kier alpha value is -1.25. The second kappa shape index (κ2) is 5.39. The Morgan fingerprint density at radius 2 is 1.61 bits per heavy atom. The molecule has 1 N–H and O–H groups in total. The van der Waals surface area contributed by atoms with Crippen LogP contribution in [-0.2, 0) is 9.53 Å². The van der Waals surface area contributed by atoms with Crippen LogP contribution in [0.3, 0.4) is 0 Å². The molecule has 23 heavy (non-hydrogen) atoms. The second-order valence-corrected chi connectivity index (χ2v) is 6.36. The van der Waals surface area contributed by atoms with Gasteiger partial charge in [0.2, 0.25) is 0 Å². The zero-order valence-corrected chi connectivity index (χ0v) is 12.1. The van der Waals surface area contributed by atoms with Crippen LogP contribution in [0.5, 0.6) is 0 Å². The van der Waals surface area contributed by atoms with E-state index in [-0.39, 0.29) is 37.7 Å². The normalized spacial score (nSPS) is 30.0. The maximum Gasteiger partial charge on any atom is 0.426 e. The summed E-state index contributed by atoms with van der Waals surface area (Å²) < 4.78 is 81.4.